The lowest BCUT2D eigenvalue weighted by molar-refractivity contribution is 0.282. The molecule has 0 amide bonds. The highest BCUT2D eigenvalue weighted by atomic mass is 16.5. The average molecular weight is 212 g/mol. The lowest BCUT2D eigenvalue weighted by atomic mass is 10.2. The van der Waals surface area contributed by atoms with E-state index in [2.05, 4.69) is 15.3 Å². The van der Waals surface area contributed by atoms with E-state index >= 15 is 0 Å². The normalized spacial score (nSPS) is 12.2. The minimum Gasteiger partial charge on any atom is -0.479 e. The largest absolute Gasteiger partial charge is 0.479 e. The van der Waals surface area contributed by atoms with Gasteiger partial charge in [0.05, 0.1) is 7.11 Å². The molecule has 0 aliphatic rings. The minimum absolute atomic E-state index is 0.0944. The second-order valence-electron chi connectivity index (χ2n) is 3.20. The quantitative estimate of drug-likeness (QED) is 0.647. The highest BCUT2D eigenvalue weighted by molar-refractivity contribution is 5.66. The Kier molecular flexibility index (Phi) is 4.11. The van der Waals surface area contributed by atoms with Crippen molar-refractivity contribution in [2.45, 2.75) is 19.4 Å². The summed E-state index contributed by atoms with van der Waals surface area (Å²) < 4.78 is 4.96. The third-order valence-corrected chi connectivity index (χ3v) is 1.99. The van der Waals surface area contributed by atoms with Crippen molar-refractivity contribution < 1.29 is 9.84 Å². The number of nitrogens with zero attached hydrogens (tertiary/aromatic N) is 2. The van der Waals surface area contributed by atoms with Crippen LogP contribution in [0.2, 0.25) is 0 Å². The SMILES string of the molecule is COc1ncnc(NC(C)CCO)c1N. The molecule has 0 saturated heterocycles. The highest BCUT2D eigenvalue weighted by Crippen LogP contribution is 2.24. The molecule has 6 heteroatoms. The third kappa shape index (κ3) is 2.95. The lowest BCUT2D eigenvalue weighted by Gasteiger charge is -2.15. The summed E-state index contributed by atoms with van der Waals surface area (Å²) in [5.74, 6) is 0.881. The number of hydrogen-bond donors (Lipinski definition) is 3. The van der Waals surface area contributed by atoms with Gasteiger partial charge in [-0.1, -0.05) is 0 Å². The minimum atomic E-state index is 0.0944. The molecule has 0 saturated carbocycles. The maximum absolute atomic E-state index is 8.76. The average Bonchev–Trinajstić information content (AvgIpc) is 2.21. The predicted molar refractivity (Wildman–Crippen MR) is 57.8 cm³/mol. The molecule has 4 N–H and O–H groups in total. The number of aliphatic hydroxyl groups excluding tert-OH is 1. The molecule has 1 aromatic heterocycles. The second-order valence-corrected chi connectivity index (χ2v) is 3.20. The molecule has 15 heavy (non-hydrogen) atoms. The van der Waals surface area contributed by atoms with Crippen molar-refractivity contribution in [3.05, 3.63) is 6.33 Å². The van der Waals surface area contributed by atoms with Gasteiger partial charge in [-0.25, -0.2) is 4.98 Å². The predicted octanol–water partition coefficient (Wildman–Crippen LogP) is 0.250. The fourth-order valence-electron chi connectivity index (χ4n) is 1.16. The summed E-state index contributed by atoms with van der Waals surface area (Å²) in [4.78, 5) is 7.86. The summed E-state index contributed by atoms with van der Waals surface area (Å²) in [6.07, 6.45) is 2.01. The number of anilines is 2. The van der Waals surface area contributed by atoms with E-state index in [4.69, 9.17) is 15.6 Å². The monoisotopic (exact) mass is 212 g/mol. The summed E-state index contributed by atoms with van der Waals surface area (Å²) in [5, 5.41) is 11.8. The van der Waals surface area contributed by atoms with E-state index in [1.54, 1.807) is 0 Å². The van der Waals surface area contributed by atoms with Crippen molar-refractivity contribution in [2.24, 2.45) is 0 Å². The van der Waals surface area contributed by atoms with Crippen molar-refractivity contribution in [3.8, 4) is 5.88 Å². The van der Waals surface area contributed by atoms with E-state index in [0.717, 1.165) is 0 Å². The number of aliphatic hydroxyl groups is 1. The summed E-state index contributed by atoms with van der Waals surface area (Å²) in [6, 6.07) is 0.0944. The van der Waals surface area contributed by atoms with Crippen LogP contribution in [0.25, 0.3) is 0 Å². The van der Waals surface area contributed by atoms with Crippen LogP contribution < -0.4 is 15.8 Å². The summed E-state index contributed by atoms with van der Waals surface area (Å²) >= 11 is 0. The van der Waals surface area contributed by atoms with Crippen LogP contribution in [0.4, 0.5) is 11.5 Å². The Hall–Kier alpha value is -1.56. The standard InChI is InChI=1S/C9H16N4O2/c1-6(3-4-14)13-8-7(10)9(15-2)12-5-11-8/h5-6,14H,3-4,10H2,1-2H3,(H,11,12,13). The molecule has 0 aromatic carbocycles. The van der Waals surface area contributed by atoms with E-state index in [9.17, 15) is 0 Å². The van der Waals surface area contributed by atoms with Crippen molar-refractivity contribution in [1.29, 1.82) is 0 Å². The highest BCUT2D eigenvalue weighted by Gasteiger charge is 2.10. The molecule has 1 aromatic rings. The fourth-order valence-corrected chi connectivity index (χ4v) is 1.16. The Bertz CT molecular complexity index is 319. The second kappa shape index (κ2) is 5.35. The Balaban J connectivity index is 2.76. The van der Waals surface area contributed by atoms with Crippen molar-refractivity contribution in [2.75, 3.05) is 24.8 Å². The smallest absolute Gasteiger partial charge is 0.242 e. The zero-order valence-corrected chi connectivity index (χ0v) is 8.90. The zero-order valence-electron chi connectivity index (χ0n) is 8.90. The first-order valence-corrected chi connectivity index (χ1v) is 4.71. The van der Waals surface area contributed by atoms with Gasteiger partial charge in [0.2, 0.25) is 5.88 Å². The topological polar surface area (TPSA) is 93.3 Å². The number of nitrogen functional groups attached to an aromatic ring is 1. The number of methoxy groups -OCH3 is 1. The van der Waals surface area contributed by atoms with E-state index in [0.29, 0.717) is 23.8 Å². The Morgan fingerprint density at radius 1 is 1.60 bits per heavy atom. The van der Waals surface area contributed by atoms with Gasteiger partial charge in [-0.3, -0.25) is 0 Å². The molecule has 0 spiro atoms. The third-order valence-electron chi connectivity index (χ3n) is 1.99. The molecule has 1 rings (SSSR count). The number of nitrogens with one attached hydrogen (secondary N) is 1. The summed E-state index contributed by atoms with van der Waals surface area (Å²) in [5.41, 5.74) is 6.14. The van der Waals surface area contributed by atoms with Gasteiger partial charge in [-0.2, -0.15) is 4.98 Å². The molecule has 0 bridgehead atoms. The van der Waals surface area contributed by atoms with Gasteiger partial charge in [-0.15, -0.1) is 0 Å². The molecular formula is C9H16N4O2. The van der Waals surface area contributed by atoms with Crippen LogP contribution in [0.3, 0.4) is 0 Å². The van der Waals surface area contributed by atoms with Gasteiger partial charge in [0.1, 0.15) is 12.0 Å². The maximum Gasteiger partial charge on any atom is 0.242 e. The summed E-state index contributed by atoms with van der Waals surface area (Å²) in [7, 11) is 1.50. The van der Waals surface area contributed by atoms with E-state index < -0.39 is 0 Å². The van der Waals surface area contributed by atoms with E-state index in [1.807, 2.05) is 6.92 Å². The van der Waals surface area contributed by atoms with Crippen LogP contribution >= 0.6 is 0 Å². The van der Waals surface area contributed by atoms with Gasteiger partial charge in [0.15, 0.2) is 5.82 Å². The van der Waals surface area contributed by atoms with E-state index in [-0.39, 0.29) is 12.6 Å². The van der Waals surface area contributed by atoms with Gasteiger partial charge >= 0.3 is 0 Å². The molecule has 1 heterocycles. The Morgan fingerprint density at radius 2 is 2.33 bits per heavy atom. The fraction of sp³-hybridized carbons (Fsp3) is 0.556. The van der Waals surface area contributed by atoms with Crippen LogP contribution in [0, 0.1) is 0 Å². The van der Waals surface area contributed by atoms with Crippen LogP contribution in [-0.4, -0.2) is 34.8 Å². The molecule has 0 fully saturated rings. The van der Waals surface area contributed by atoms with Gasteiger partial charge < -0.3 is 20.9 Å². The number of hydrogen-bond acceptors (Lipinski definition) is 6. The molecule has 1 unspecified atom stereocenters. The lowest BCUT2D eigenvalue weighted by Crippen LogP contribution is -2.18. The molecule has 0 aliphatic heterocycles. The number of aromatic nitrogens is 2. The van der Waals surface area contributed by atoms with Gasteiger partial charge in [0, 0.05) is 12.6 Å². The molecule has 6 nitrogen and oxygen atoms in total. The van der Waals surface area contributed by atoms with Crippen molar-refractivity contribution in [1.82, 2.24) is 9.97 Å². The number of nitrogens with two attached hydrogens (primary N) is 1. The van der Waals surface area contributed by atoms with Crippen LogP contribution in [0.1, 0.15) is 13.3 Å². The van der Waals surface area contributed by atoms with Gasteiger partial charge in [-0.05, 0) is 13.3 Å². The first-order chi connectivity index (χ1) is 7.19. The van der Waals surface area contributed by atoms with Crippen LogP contribution in [-0.2, 0) is 0 Å². The number of rotatable bonds is 5. The van der Waals surface area contributed by atoms with Gasteiger partial charge in [0.25, 0.3) is 0 Å². The first kappa shape index (κ1) is 11.5. The van der Waals surface area contributed by atoms with Crippen molar-refractivity contribution in [3.63, 3.8) is 0 Å². The molecule has 0 aliphatic carbocycles. The van der Waals surface area contributed by atoms with Crippen molar-refractivity contribution >= 4 is 11.5 Å². The molecular weight excluding hydrogens is 196 g/mol. The first-order valence-electron chi connectivity index (χ1n) is 4.71. The van der Waals surface area contributed by atoms with Crippen LogP contribution in [0.5, 0.6) is 5.88 Å². The molecule has 0 radical (unpaired) electrons. The maximum atomic E-state index is 8.76. The molecule has 84 valence electrons. The molecule has 1 atom stereocenters. The summed E-state index contributed by atoms with van der Waals surface area (Å²) in [6.45, 7) is 2.06. The zero-order chi connectivity index (χ0) is 11.3. The Labute approximate surface area is 88.5 Å². The van der Waals surface area contributed by atoms with E-state index in [1.165, 1.54) is 13.4 Å². The Morgan fingerprint density at radius 3 is 2.93 bits per heavy atom. The van der Waals surface area contributed by atoms with Crippen LogP contribution in [0.15, 0.2) is 6.33 Å². The number of ether oxygens (including phenoxy) is 1.